The van der Waals surface area contributed by atoms with Crippen LogP contribution in [0.2, 0.25) is 0 Å². The summed E-state index contributed by atoms with van der Waals surface area (Å²) in [6.45, 7) is 0.0686. The van der Waals surface area contributed by atoms with Gasteiger partial charge < -0.3 is 4.90 Å². The Balaban J connectivity index is 3.11. The number of alkyl halides is 3. The summed E-state index contributed by atoms with van der Waals surface area (Å²) in [5, 5.41) is -0.140. The Labute approximate surface area is 88.5 Å². The highest BCUT2D eigenvalue weighted by Gasteiger charge is 2.36. The lowest BCUT2D eigenvalue weighted by atomic mass is 10.3. The SMILES string of the molecule is CN(C)Cc1nc(C=O)sc1C(F)(F)F. The molecule has 1 aromatic heterocycles. The lowest BCUT2D eigenvalue weighted by Gasteiger charge is -2.10. The van der Waals surface area contributed by atoms with Crippen LogP contribution in [0.4, 0.5) is 13.2 Å². The summed E-state index contributed by atoms with van der Waals surface area (Å²) in [5.41, 5.74) is -0.0976. The minimum Gasteiger partial charge on any atom is -0.304 e. The minimum atomic E-state index is -4.44. The lowest BCUT2D eigenvalue weighted by molar-refractivity contribution is -0.135. The molecule has 0 aromatic carbocycles. The molecule has 0 bridgehead atoms. The number of aldehydes is 1. The Morgan fingerprint density at radius 1 is 1.47 bits per heavy atom. The van der Waals surface area contributed by atoms with Crippen LogP contribution in [-0.2, 0) is 12.7 Å². The Hall–Kier alpha value is -0.950. The van der Waals surface area contributed by atoms with Crippen LogP contribution in [-0.4, -0.2) is 30.3 Å². The maximum Gasteiger partial charge on any atom is 0.427 e. The van der Waals surface area contributed by atoms with Gasteiger partial charge in [0.2, 0.25) is 0 Å². The molecular formula is C8H9F3N2OS. The van der Waals surface area contributed by atoms with Crippen LogP contribution in [0.1, 0.15) is 20.4 Å². The van der Waals surface area contributed by atoms with Crippen LogP contribution < -0.4 is 0 Å². The number of nitrogens with zero attached hydrogens (tertiary/aromatic N) is 2. The third-order valence-corrected chi connectivity index (χ3v) is 2.61. The van der Waals surface area contributed by atoms with E-state index in [1.54, 1.807) is 19.0 Å². The fraction of sp³-hybridized carbons (Fsp3) is 0.500. The van der Waals surface area contributed by atoms with Gasteiger partial charge in [0, 0.05) is 6.54 Å². The Morgan fingerprint density at radius 3 is 2.47 bits per heavy atom. The molecule has 0 N–H and O–H groups in total. The summed E-state index contributed by atoms with van der Waals surface area (Å²) in [6.07, 6.45) is -4.11. The van der Waals surface area contributed by atoms with Gasteiger partial charge in [-0.05, 0) is 14.1 Å². The zero-order valence-corrected chi connectivity index (χ0v) is 8.95. The summed E-state index contributed by atoms with van der Waals surface area (Å²) in [7, 11) is 3.28. The number of halogens is 3. The van der Waals surface area contributed by atoms with E-state index in [1.807, 2.05) is 0 Å². The van der Waals surface area contributed by atoms with Crippen molar-refractivity contribution >= 4 is 17.6 Å². The van der Waals surface area contributed by atoms with E-state index in [9.17, 15) is 18.0 Å². The van der Waals surface area contributed by atoms with E-state index in [4.69, 9.17) is 0 Å². The number of aromatic nitrogens is 1. The predicted octanol–water partition coefficient (Wildman–Crippen LogP) is 2.04. The molecule has 1 heterocycles. The molecule has 0 amide bonds. The van der Waals surface area contributed by atoms with Gasteiger partial charge >= 0.3 is 6.18 Å². The molecule has 0 saturated carbocycles. The van der Waals surface area contributed by atoms with Crippen molar-refractivity contribution in [2.24, 2.45) is 0 Å². The third-order valence-electron chi connectivity index (χ3n) is 1.54. The summed E-state index contributed by atoms with van der Waals surface area (Å²) in [4.78, 5) is 14.8. The number of rotatable bonds is 3. The quantitative estimate of drug-likeness (QED) is 0.755. The average Bonchev–Trinajstić information content (AvgIpc) is 2.45. The van der Waals surface area contributed by atoms with E-state index in [0.717, 1.165) is 0 Å². The van der Waals surface area contributed by atoms with Crippen molar-refractivity contribution in [3.05, 3.63) is 15.6 Å². The van der Waals surface area contributed by atoms with E-state index in [-0.39, 0.29) is 17.2 Å². The van der Waals surface area contributed by atoms with Crippen LogP contribution >= 0.6 is 11.3 Å². The van der Waals surface area contributed by atoms with Crippen LogP contribution in [0.25, 0.3) is 0 Å². The minimum absolute atomic E-state index is 0.0686. The number of carbonyl (C=O) groups excluding carboxylic acids is 1. The molecule has 0 saturated heterocycles. The van der Waals surface area contributed by atoms with Crippen LogP contribution in [0.5, 0.6) is 0 Å². The molecule has 15 heavy (non-hydrogen) atoms. The normalized spacial score (nSPS) is 12.1. The topological polar surface area (TPSA) is 33.2 Å². The number of carbonyl (C=O) groups is 1. The van der Waals surface area contributed by atoms with Crippen molar-refractivity contribution < 1.29 is 18.0 Å². The summed E-state index contributed by atoms with van der Waals surface area (Å²) in [6, 6.07) is 0. The van der Waals surface area contributed by atoms with Gasteiger partial charge in [-0.15, -0.1) is 11.3 Å². The largest absolute Gasteiger partial charge is 0.427 e. The summed E-state index contributed by atoms with van der Waals surface area (Å²) in [5.74, 6) is 0. The Bertz CT molecular complexity index is 359. The molecule has 7 heteroatoms. The predicted molar refractivity (Wildman–Crippen MR) is 49.9 cm³/mol. The van der Waals surface area contributed by atoms with Crippen molar-refractivity contribution in [1.29, 1.82) is 0 Å². The lowest BCUT2D eigenvalue weighted by Crippen LogP contribution is -2.15. The van der Waals surface area contributed by atoms with Gasteiger partial charge in [-0.2, -0.15) is 13.2 Å². The van der Waals surface area contributed by atoms with Crippen molar-refractivity contribution in [3.63, 3.8) is 0 Å². The molecule has 0 spiro atoms. The van der Waals surface area contributed by atoms with Gasteiger partial charge in [-0.25, -0.2) is 4.98 Å². The van der Waals surface area contributed by atoms with Crippen LogP contribution in [0.15, 0.2) is 0 Å². The second-order valence-corrected chi connectivity index (χ2v) is 4.21. The van der Waals surface area contributed by atoms with E-state index in [1.165, 1.54) is 0 Å². The van der Waals surface area contributed by atoms with E-state index < -0.39 is 11.1 Å². The standard InChI is InChI=1S/C8H9F3N2OS/c1-13(2)3-5-7(8(9,10)11)15-6(4-14)12-5/h4H,3H2,1-2H3. The second kappa shape index (κ2) is 4.28. The molecule has 1 aromatic rings. The highest BCUT2D eigenvalue weighted by atomic mass is 32.1. The van der Waals surface area contributed by atoms with Gasteiger partial charge in [0.25, 0.3) is 0 Å². The molecule has 1 rings (SSSR count). The Kier molecular flexibility index (Phi) is 3.46. The number of hydrogen-bond acceptors (Lipinski definition) is 4. The molecule has 0 fully saturated rings. The fourth-order valence-electron chi connectivity index (χ4n) is 1.05. The first-order chi connectivity index (χ1) is 6.84. The highest BCUT2D eigenvalue weighted by molar-refractivity contribution is 7.13. The first-order valence-electron chi connectivity index (χ1n) is 4.01. The first kappa shape index (κ1) is 12.1. The van der Waals surface area contributed by atoms with Crippen molar-refractivity contribution in [3.8, 4) is 0 Å². The van der Waals surface area contributed by atoms with E-state index >= 15 is 0 Å². The Morgan fingerprint density at radius 2 is 2.07 bits per heavy atom. The molecule has 84 valence electrons. The van der Waals surface area contributed by atoms with Gasteiger partial charge in [-0.1, -0.05) is 0 Å². The molecule has 0 unspecified atom stereocenters. The second-order valence-electron chi connectivity index (χ2n) is 3.18. The smallest absolute Gasteiger partial charge is 0.304 e. The van der Waals surface area contributed by atoms with Crippen LogP contribution in [0.3, 0.4) is 0 Å². The molecular weight excluding hydrogens is 229 g/mol. The number of hydrogen-bond donors (Lipinski definition) is 0. The average molecular weight is 238 g/mol. The summed E-state index contributed by atoms with van der Waals surface area (Å²) >= 11 is 0.378. The van der Waals surface area contributed by atoms with Gasteiger partial charge in [0.05, 0.1) is 5.69 Å². The van der Waals surface area contributed by atoms with Crippen molar-refractivity contribution in [1.82, 2.24) is 9.88 Å². The van der Waals surface area contributed by atoms with E-state index in [2.05, 4.69) is 4.98 Å². The van der Waals surface area contributed by atoms with Crippen molar-refractivity contribution in [2.75, 3.05) is 14.1 Å². The molecule has 0 aliphatic heterocycles. The fourth-order valence-corrected chi connectivity index (χ4v) is 1.81. The highest BCUT2D eigenvalue weighted by Crippen LogP contribution is 2.36. The molecule has 0 atom stereocenters. The molecule has 0 aliphatic carbocycles. The molecule has 0 radical (unpaired) electrons. The van der Waals surface area contributed by atoms with Gasteiger partial charge in [0.15, 0.2) is 11.3 Å². The molecule has 3 nitrogen and oxygen atoms in total. The van der Waals surface area contributed by atoms with Gasteiger partial charge in [0.1, 0.15) is 4.88 Å². The maximum atomic E-state index is 12.5. The summed E-state index contributed by atoms with van der Waals surface area (Å²) < 4.78 is 37.5. The zero-order chi connectivity index (χ0) is 11.6. The van der Waals surface area contributed by atoms with Gasteiger partial charge in [-0.3, -0.25) is 4.79 Å². The van der Waals surface area contributed by atoms with Crippen LogP contribution in [0, 0.1) is 0 Å². The third kappa shape index (κ3) is 3.00. The molecule has 0 aliphatic rings. The zero-order valence-electron chi connectivity index (χ0n) is 8.13. The van der Waals surface area contributed by atoms with Crippen molar-refractivity contribution in [2.45, 2.75) is 12.7 Å². The monoisotopic (exact) mass is 238 g/mol. The first-order valence-corrected chi connectivity index (χ1v) is 4.83. The number of thiazole rings is 1. The maximum absolute atomic E-state index is 12.5. The van der Waals surface area contributed by atoms with E-state index in [0.29, 0.717) is 17.6 Å².